The van der Waals surface area contributed by atoms with Gasteiger partial charge in [0.2, 0.25) is 5.79 Å². The fourth-order valence-corrected chi connectivity index (χ4v) is 1.65. The predicted molar refractivity (Wildman–Crippen MR) is 66.5 cm³/mol. The summed E-state index contributed by atoms with van der Waals surface area (Å²) in [5.41, 5.74) is 6.48. The summed E-state index contributed by atoms with van der Waals surface area (Å²) in [6, 6.07) is 3.54. The first kappa shape index (κ1) is 11.9. The molecule has 17 heavy (non-hydrogen) atoms. The Morgan fingerprint density at radius 1 is 1.24 bits per heavy atom. The molecule has 0 bridgehead atoms. The Labute approximate surface area is 102 Å². The first-order valence-corrected chi connectivity index (χ1v) is 5.82. The van der Waals surface area contributed by atoms with Crippen molar-refractivity contribution >= 4 is 5.69 Å². The van der Waals surface area contributed by atoms with Crippen molar-refractivity contribution in [1.29, 1.82) is 0 Å². The second-order valence-electron chi connectivity index (χ2n) is 5.15. The van der Waals surface area contributed by atoms with E-state index in [1.165, 1.54) is 0 Å². The van der Waals surface area contributed by atoms with Crippen LogP contribution < -0.4 is 19.9 Å². The summed E-state index contributed by atoms with van der Waals surface area (Å²) in [5, 5.41) is 0. The van der Waals surface area contributed by atoms with Gasteiger partial charge in [-0.05, 0) is 5.92 Å². The van der Waals surface area contributed by atoms with Crippen molar-refractivity contribution in [3.8, 4) is 17.2 Å². The molecule has 1 aliphatic rings. The maximum Gasteiger partial charge on any atom is 0.246 e. The summed E-state index contributed by atoms with van der Waals surface area (Å²) in [5.74, 6) is 1.83. The molecular weight excluding hydrogens is 218 g/mol. The number of rotatable bonds is 3. The number of nitrogens with two attached hydrogens (primary N) is 1. The lowest BCUT2D eigenvalue weighted by Gasteiger charge is -2.16. The Balaban J connectivity index is 2.21. The maximum absolute atomic E-state index is 5.91. The van der Waals surface area contributed by atoms with Crippen LogP contribution in [0.15, 0.2) is 12.1 Å². The molecule has 4 nitrogen and oxygen atoms in total. The summed E-state index contributed by atoms with van der Waals surface area (Å²) in [6.45, 7) is 8.53. The van der Waals surface area contributed by atoms with Crippen molar-refractivity contribution in [1.82, 2.24) is 0 Å². The summed E-state index contributed by atoms with van der Waals surface area (Å²) >= 11 is 0. The normalized spacial score (nSPS) is 16.3. The Morgan fingerprint density at radius 2 is 1.82 bits per heavy atom. The molecule has 0 atom stereocenters. The molecule has 0 fully saturated rings. The average Bonchev–Trinajstić information content (AvgIpc) is 2.47. The number of nitrogen functional groups attached to an aromatic ring is 1. The number of ether oxygens (including phenoxy) is 3. The van der Waals surface area contributed by atoms with Gasteiger partial charge in [-0.15, -0.1) is 0 Å². The maximum atomic E-state index is 5.91. The van der Waals surface area contributed by atoms with Crippen LogP contribution in [0.3, 0.4) is 0 Å². The second kappa shape index (κ2) is 4.02. The third-order valence-electron chi connectivity index (χ3n) is 2.36. The van der Waals surface area contributed by atoms with Crippen molar-refractivity contribution in [3.05, 3.63) is 12.1 Å². The monoisotopic (exact) mass is 237 g/mol. The summed E-state index contributed by atoms with van der Waals surface area (Å²) in [4.78, 5) is 0. The predicted octanol–water partition coefficient (Wildman–Crippen LogP) is 2.81. The van der Waals surface area contributed by atoms with Crippen LogP contribution in [-0.2, 0) is 0 Å². The van der Waals surface area contributed by atoms with E-state index in [4.69, 9.17) is 19.9 Å². The zero-order valence-electron chi connectivity index (χ0n) is 10.7. The van der Waals surface area contributed by atoms with Crippen molar-refractivity contribution < 1.29 is 14.2 Å². The Kier molecular flexibility index (Phi) is 2.81. The van der Waals surface area contributed by atoms with Crippen molar-refractivity contribution in [3.63, 3.8) is 0 Å². The molecule has 0 unspecified atom stereocenters. The van der Waals surface area contributed by atoms with E-state index in [0.29, 0.717) is 35.5 Å². The molecule has 0 aliphatic carbocycles. The first-order chi connectivity index (χ1) is 7.87. The fourth-order valence-electron chi connectivity index (χ4n) is 1.65. The van der Waals surface area contributed by atoms with Gasteiger partial charge in [-0.1, -0.05) is 13.8 Å². The molecule has 0 radical (unpaired) electrons. The molecule has 1 aromatic rings. The Hall–Kier alpha value is -1.58. The molecule has 1 aliphatic heterocycles. The lowest BCUT2D eigenvalue weighted by atomic mass is 10.2. The minimum Gasteiger partial charge on any atom is -0.491 e. The molecule has 2 rings (SSSR count). The third kappa shape index (κ3) is 2.57. The highest BCUT2D eigenvalue weighted by Crippen LogP contribution is 2.44. The molecule has 4 heteroatoms. The van der Waals surface area contributed by atoms with Crippen LogP contribution in [0.5, 0.6) is 17.2 Å². The molecule has 0 saturated heterocycles. The highest BCUT2D eigenvalue weighted by molar-refractivity contribution is 5.62. The van der Waals surface area contributed by atoms with E-state index < -0.39 is 5.79 Å². The highest BCUT2D eigenvalue weighted by Gasteiger charge is 2.32. The molecule has 0 saturated carbocycles. The number of anilines is 1. The molecule has 1 heterocycles. The van der Waals surface area contributed by atoms with Crippen LogP contribution in [0.4, 0.5) is 5.69 Å². The second-order valence-corrected chi connectivity index (χ2v) is 5.15. The Bertz CT molecular complexity index is 427. The van der Waals surface area contributed by atoms with Gasteiger partial charge in [0.15, 0.2) is 11.5 Å². The zero-order chi connectivity index (χ0) is 12.6. The third-order valence-corrected chi connectivity index (χ3v) is 2.36. The molecule has 0 amide bonds. The van der Waals surface area contributed by atoms with E-state index in [2.05, 4.69) is 13.8 Å². The standard InChI is InChI=1S/C13H19NO3/c1-8(2)7-15-10-6-12-11(5-9(10)14)16-13(3,4)17-12/h5-6,8H,7,14H2,1-4H3. The molecular formula is C13H19NO3. The number of hydrogen-bond acceptors (Lipinski definition) is 4. The highest BCUT2D eigenvalue weighted by atomic mass is 16.7. The van der Waals surface area contributed by atoms with Gasteiger partial charge in [-0.3, -0.25) is 0 Å². The average molecular weight is 237 g/mol. The topological polar surface area (TPSA) is 53.7 Å². The van der Waals surface area contributed by atoms with Crippen LogP contribution in [-0.4, -0.2) is 12.4 Å². The zero-order valence-corrected chi connectivity index (χ0v) is 10.7. The molecule has 0 spiro atoms. The summed E-state index contributed by atoms with van der Waals surface area (Å²) in [6.07, 6.45) is 0. The van der Waals surface area contributed by atoms with E-state index in [1.807, 2.05) is 13.8 Å². The van der Waals surface area contributed by atoms with Gasteiger partial charge in [0.25, 0.3) is 0 Å². The van der Waals surface area contributed by atoms with Gasteiger partial charge >= 0.3 is 0 Å². The van der Waals surface area contributed by atoms with Gasteiger partial charge in [0, 0.05) is 26.0 Å². The molecule has 94 valence electrons. The van der Waals surface area contributed by atoms with Gasteiger partial charge < -0.3 is 19.9 Å². The van der Waals surface area contributed by atoms with Crippen LogP contribution in [0, 0.1) is 5.92 Å². The van der Waals surface area contributed by atoms with Gasteiger partial charge in [-0.2, -0.15) is 0 Å². The van der Waals surface area contributed by atoms with E-state index in [1.54, 1.807) is 12.1 Å². The lowest BCUT2D eigenvalue weighted by Crippen LogP contribution is -2.29. The smallest absolute Gasteiger partial charge is 0.246 e. The van der Waals surface area contributed by atoms with Crippen LogP contribution >= 0.6 is 0 Å². The minimum atomic E-state index is -0.633. The van der Waals surface area contributed by atoms with Crippen molar-refractivity contribution in [2.45, 2.75) is 33.5 Å². The van der Waals surface area contributed by atoms with Crippen LogP contribution in [0.2, 0.25) is 0 Å². The minimum absolute atomic E-state index is 0.455. The van der Waals surface area contributed by atoms with Crippen LogP contribution in [0.25, 0.3) is 0 Å². The van der Waals surface area contributed by atoms with Crippen molar-refractivity contribution in [2.24, 2.45) is 5.92 Å². The SMILES string of the molecule is CC(C)COc1cc2c(cc1N)OC(C)(C)O2. The van der Waals surface area contributed by atoms with E-state index in [-0.39, 0.29) is 0 Å². The number of fused-ring (bicyclic) bond motifs is 1. The largest absolute Gasteiger partial charge is 0.491 e. The van der Waals surface area contributed by atoms with Gasteiger partial charge in [0.1, 0.15) is 5.75 Å². The Morgan fingerprint density at radius 3 is 2.41 bits per heavy atom. The fraction of sp³-hybridized carbons (Fsp3) is 0.538. The first-order valence-electron chi connectivity index (χ1n) is 5.82. The van der Waals surface area contributed by atoms with E-state index in [9.17, 15) is 0 Å². The summed E-state index contributed by atoms with van der Waals surface area (Å²) in [7, 11) is 0. The molecule has 0 aromatic heterocycles. The van der Waals surface area contributed by atoms with Crippen LogP contribution in [0.1, 0.15) is 27.7 Å². The summed E-state index contributed by atoms with van der Waals surface area (Å²) < 4.78 is 16.9. The van der Waals surface area contributed by atoms with E-state index >= 15 is 0 Å². The van der Waals surface area contributed by atoms with Gasteiger partial charge in [-0.25, -0.2) is 0 Å². The molecule has 2 N–H and O–H groups in total. The van der Waals surface area contributed by atoms with E-state index in [0.717, 1.165) is 0 Å². The van der Waals surface area contributed by atoms with Gasteiger partial charge in [0.05, 0.1) is 12.3 Å². The number of hydrogen-bond donors (Lipinski definition) is 1. The quantitative estimate of drug-likeness (QED) is 0.821. The molecule has 1 aromatic carbocycles. The van der Waals surface area contributed by atoms with Crippen molar-refractivity contribution in [2.75, 3.05) is 12.3 Å². The lowest BCUT2D eigenvalue weighted by molar-refractivity contribution is -0.0431. The number of benzene rings is 1.